The van der Waals surface area contributed by atoms with Crippen molar-refractivity contribution in [3.63, 3.8) is 0 Å². The lowest BCUT2D eigenvalue weighted by molar-refractivity contribution is 0.451. The minimum atomic E-state index is 0.495. The van der Waals surface area contributed by atoms with Gasteiger partial charge in [0.05, 0.1) is 0 Å². The molecule has 4 nitrogen and oxygen atoms in total. The Balaban J connectivity index is 2.59. The van der Waals surface area contributed by atoms with Crippen molar-refractivity contribution in [3.8, 4) is 0 Å². The predicted molar refractivity (Wildman–Crippen MR) is 79.0 cm³/mol. The molecule has 18 heavy (non-hydrogen) atoms. The minimum absolute atomic E-state index is 0.495. The Hall–Kier alpha value is -0.550. The molecule has 1 heterocycles. The van der Waals surface area contributed by atoms with Crippen LogP contribution in [0.2, 0.25) is 0 Å². The van der Waals surface area contributed by atoms with Crippen LogP contribution >= 0.6 is 11.8 Å². The molecule has 1 N–H and O–H groups in total. The van der Waals surface area contributed by atoms with Gasteiger partial charge in [-0.25, -0.2) is 9.67 Å². The van der Waals surface area contributed by atoms with E-state index >= 15 is 0 Å². The van der Waals surface area contributed by atoms with Crippen LogP contribution in [0.4, 0.5) is 0 Å². The van der Waals surface area contributed by atoms with E-state index < -0.39 is 0 Å². The molecule has 1 rings (SSSR count). The van der Waals surface area contributed by atoms with Crippen molar-refractivity contribution in [2.75, 3.05) is 18.1 Å². The van der Waals surface area contributed by atoms with Gasteiger partial charge in [0.15, 0.2) is 0 Å². The summed E-state index contributed by atoms with van der Waals surface area (Å²) in [4.78, 5) is 4.40. The summed E-state index contributed by atoms with van der Waals surface area (Å²) in [5, 5.41) is 7.86. The van der Waals surface area contributed by atoms with E-state index in [2.05, 4.69) is 43.1 Å². The van der Waals surface area contributed by atoms with Crippen LogP contribution in [0.15, 0.2) is 6.33 Å². The molecule has 1 aromatic heterocycles. The lowest BCUT2D eigenvalue weighted by atomic mass is 10.2. The van der Waals surface area contributed by atoms with Crippen molar-refractivity contribution >= 4 is 11.8 Å². The van der Waals surface area contributed by atoms with Gasteiger partial charge in [0.2, 0.25) is 0 Å². The van der Waals surface area contributed by atoms with Gasteiger partial charge in [0, 0.05) is 24.8 Å². The normalized spacial score (nSPS) is 13.2. The second-order valence-corrected chi connectivity index (χ2v) is 6.19. The SMILES string of the molecule is CCNC(CSCC)Cc1ncnn1CC(C)C. The van der Waals surface area contributed by atoms with Gasteiger partial charge >= 0.3 is 0 Å². The predicted octanol–water partition coefficient (Wildman–Crippen LogP) is 2.21. The van der Waals surface area contributed by atoms with Crippen molar-refractivity contribution in [1.82, 2.24) is 20.1 Å². The molecule has 0 saturated heterocycles. The first kappa shape index (κ1) is 15.5. The second-order valence-electron chi connectivity index (χ2n) is 4.87. The first-order valence-electron chi connectivity index (χ1n) is 6.85. The summed E-state index contributed by atoms with van der Waals surface area (Å²) in [5.41, 5.74) is 0. The van der Waals surface area contributed by atoms with Crippen LogP contribution in [0, 0.1) is 5.92 Å². The number of nitrogens with zero attached hydrogens (tertiary/aromatic N) is 3. The third-order valence-electron chi connectivity index (χ3n) is 2.68. The second kappa shape index (κ2) is 8.53. The zero-order valence-electron chi connectivity index (χ0n) is 12.0. The van der Waals surface area contributed by atoms with Gasteiger partial charge in [-0.3, -0.25) is 0 Å². The lowest BCUT2D eigenvalue weighted by Crippen LogP contribution is -2.34. The Morgan fingerprint density at radius 3 is 2.78 bits per heavy atom. The fourth-order valence-electron chi connectivity index (χ4n) is 1.90. The van der Waals surface area contributed by atoms with Crippen molar-refractivity contribution in [2.45, 2.75) is 46.7 Å². The van der Waals surface area contributed by atoms with Crippen LogP contribution < -0.4 is 5.32 Å². The molecule has 0 aliphatic heterocycles. The number of thioether (sulfide) groups is 1. The maximum atomic E-state index is 4.40. The molecule has 0 aromatic carbocycles. The number of aromatic nitrogens is 3. The van der Waals surface area contributed by atoms with Gasteiger partial charge in [-0.15, -0.1) is 0 Å². The topological polar surface area (TPSA) is 42.7 Å². The molecule has 5 heteroatoms. The van der Waals surface area contributed by atoms with E-state index in [0.29, 0.717) is 12.0 Å². The number of likely N-dealkylation sites (N-methyl/N-ethyl adjacent to an activating group) is 1. The van der Waals surface area contributed by atoms with E-state index in [0.717, 1.165) is 31.1 Å². The average molecular weight is 270 g/mol. The molecule has 0 amide bonds. The molecule has 104 valence electrons. The Morgan fingerprint density at radius 1 is 1.39 bits per heavy atom. The minimum Gasteiger partial charge on any atom is -0.313 e. The molecular formula is C13H26N4S. The summed E-state index contributed by atoms with van der Waals surface area (Å²) in [6.07, 6.45) is 2.64. The Labute approximate surface area is 115 Å². The quantitative estimate of drug-likeness (QED) is 0.747. The largest absolute Gasteiger partial charge is 0.313 e. The Bertz CT molecular complexity index is 325. The third kappa shape index (κ3) is 5.40. The summed E-state index contributed by atoms with van der Waals surface area (Å²) >= 11 is 1.98. The maximum Gasteiger partial charge on any atom is 0.138 e. The molecule has 0 bridgehead atoms. The van der Waals surface area contributed by atoms with Crippen molar-refractivity contribution < 1.29 is 0 Å². The number of rotatable bonds is 9. The molecular weight excluding hydrogens is 244 g/mol. The van der Waals surface area contributed by atoms with Crippen molar-refractivity contribution in [1.29, 1.82) is 0 Å². The van der Waals surface area contributed by atoms with E-state index in [1.165, 1.54) is 5.75 Å². The lowest BCUT2D eigenvalue weighted by Gasteiger charge is -2.17. The molecule has 0 aliphatic rings. The van der Waals surface area contributed by atoms with Crippen LogP contribution in [-0.4, -0.2) is 38.9 Å². The molecule has 1 atom stereocenters. The summed E-state index contributed by atoms with van der Waals surface area (Å²) in [5.74, 6) is 4.01. The highest BCUT2D eigenvalue weighted by Gasteiger charge is 2.13. The summed E-state index contributed by atoms with van der Waals surface area (Å²) in [7, 11) is 0. The van der Waals surface area contributed by atoms with Gasteiger partial charge in [-0.05, 0) is 18.2 Å². The number of hydrogen-bond acceptors (Lipinski definition) is 4. The van der Waals surface area contributed by atoms with Gasteiger partial charge in [-0.2, -0.15) is 16.9 Å². The van der Waals surface area contributed by atoms with E-state index in [1.54, 1.807) is 6.33 Å². The van der Waals surface area contributed by atoms with E-state index in [-0.39, 0.29) is 0 Å². The maximum absolute atomic E-state index is 4.40. The molecule has 0 radical (unpaired) electrons. The highest BCUT2D eigenvalue weighted by Crippen LogP contribution is 2.08. The molecule has 0 saturated carbocycles. The highest BCUT2D eigenvalue weighted by atomic mass is 32.2. The zero-order chi connectivity index (χ0) is 13.4. The third-order valence-corrected chi connectivity index (χ3v) is 3.73. The summed E-state index contributed by atoms with van der Waals surface area (Å²) in [6.45, 7) is 10.7. The highest BCUT2D eigenvalue weighted by molar-refractivity contribution is 7.99. The molecule has 0 spiro atoms. The Morgan fingerprint density at radius 2 is 2.17 bits per heavy atom. The number of nitrogens with one attached hydrogen (secondary N) is 1. The Kier molecular flexibility index (Phi) is 7.35. The van der Waals surface area contributed by atoms with E-state index in [4.69, 9.17) is 0 Å². The zero-order valence-corrected chi connectivity index (χ0v) is 12.8. The fourth-order valence-corrected chi connectivity index (χ4v) is 2.66. The van der Waals surface area contributed by atoms with Crippen LogP contribution in [-0.2, 0) is 13.0 Å². The van der Waals surface area contributed by atoms with E-state index in [1.807, 2.05) is 16.4 Å². The van der Waals surface area contributed by atoms with Crippen molar-refractivity contribution in [3.05, 3.63) is 12.2 Å². The summed E-state index contributed by atoms with van der Waals surface area (Å²) < 4.78 is 2.05. The molecule has 1 aromatic rings. The van der Waals surface area contributed by atoms with Gasteiger partial charge < -0.3 is 5.32 Å². The van der Waals surface area contributed by atoms with Crippen molar-refractivity contribution in [2.24, 2.45) is 5.92 Å². The summed E-state index contributed by atoms with van der Waals surface area (Å²) in [6, 6.07) is 0.495. The first-order chi connectivity index (χ1) is 8.67. The number of hydrogen-bond donors (Lipinski definition) is 1. The molecule has 0 aliphatic carbocycles. The van der Waals surface area contributed by atoms with Gasteiger partial charge in [0.1, 0.15) is 12.2 Å². The molecule has 0 fully saturated rings. The fraction of sp³-hybridized carbons (Fsp3) is 0.846. The van der Waals surface area contributed by atoms with Crippen LogP contribution in [0.5, 0.6) is 0 Å². The first-order valence-corrected chi connectivity index (χ1v) is 8.00. The molecule has 1 unspecified atom stereocenters. The van der Waals surface area contributed by atoms with Crippen LogP contribution in [0.25, 0.3) is 0 Å². The van der Waals surface area contributed by atoms with Gasteiger partial charge in [-0.1, -0.05) is 27.7 Å². The smallest absolute Gasteiger partial charge is 0.138 e. The van der Waals surface area contributed by atoms with E-state index in [9.17, 15) is 0 Å². The monoisotopic (exact) mass is 270 g/mol. The van der Waals surface area contributed by atoms with Crippen LogP contribution in [0.1, 0.15) is 33.5 Å². The van der Waals surface area contributed by atoms with Gasteiger partial charge in [0.25, 0.3) is 0 Å². The standard InChI is InChI=1S/C13H26N4S/c1-5-14-12(9-18-6-2)7-13-15-10-16-17(13)8-11(3)4/h10-12,14H,5-9H2,1-4H3. The average Bonchev–Trinajstić information content (AvgIpc) is 2.73. The van der Waals surface area contributed by atoms with Crippen LogP contribution in [0.3, 0.4) is 0 Å².